The van der Waals surface area contributed by atoms with Crippen molar-refractivity contribution in [1.29, 1.82) is 0 Å². The number of primary amides is 1. The number of hydrogen-bond donors (Lipinski definition) is 2. The first-order chi connectivity index (χ1) is 8.66. The Morgan fingerprint density at radius 3 is 3.11 bits per heavy atom. The van der Waals surface area contributed by atoms with E-state index in [1.165, 1.54) is 0 Å². The van der Waals surface area contributed by atoms with Gasteiger partial charge in [-0.05, 0) is 36.5 Å². The molecule has 0 saturated carbocycles. The molecular weight excluding hydrogens is 250 g/mol. The van der Waals surface area contributed by atoms with Gasteiger partial charge in [0.2, 0.25) is 0 Å². The number of aliphatic hydroxyl groups excluding tert-OH is 1. The molecule has 1 aliphatic carbocycles. The number of nitrogens with two attached hydrogens (primary N) is 1. The average Bonchev–Trinajstić information content (AvgIpc) is 2.33. The van der Waals surface area contributed by atoms with E-state index in [1.807, 2.05) is 17.8 Å². The Kier molecular flexibility index (Phi) is 6.43. The maximum atomic E-state index is 11.2. The van der Waals surface area contributed by atoms with E-state index < -0.39 is 5.91 Å². The highest BCUT2D eigenvalue weighted by atomic mass is 32.2. The van der Waals surface area contributed by atoms with Crippen LogP contribution in [0.25, 0.3) is 0 Å². The van der Waals surface area contributed by atoms with E-state index in [0.717, 1.165) is 17.9 Å². The van der Waals surface area contributed by atoms with E-state index in [-0.39, 0.29) is 11.3 Å². The van der Waals surface area contributed by atoms with Gasteiger partial charge in [-0.25, -0.2) is 0 Å². The van der Waals surface area contributed by atoms with Crippen LogP contribution < -0.4 is 5.73 Å². The van der Waals surface area contributed by atoms with Gasteiger partial charge in [0.25, 0.3) is 5.91 Å². The Bertz CT molecular complexity index is 386. The lowest BCUT2D eigenvalue weighted by molar-refractivity contribution is -0.114. The van der Waals surface area contributed by atoms with Gasteiger partial charge in [-0.15, -0.1) is 0 Å². The maximum Gasteiger partial charge on any atom is 0.255 e. The molecule has 1 amide bonds. The molecule has 0 aromatic heterocycles. The first kappa shape index (κ1) is 14.7. The molecule has 0 spiro atoms. The first-order valence-corrected chi connectivity index (χ1v) is 7.14. The predicted molar refractivity (Wildman–Crippen MR) is 74.0 cm³/mol. The van der Waals surface area contributed by atoms with Crippen molar-refractivity contribution in [3.05, 3.63) is 35.5 Å². The molecule has 0 aliphatic heterocycles. The van der Waals surface area contributed by atoms with Crippen LogP contribution in [0.4, 0.5) is 0 Å². The second-order valence-corrected chi connectivity index (χ2v) is 5.16. The molecule has 0 aromatic carbocycles. The molecule has 1 rings (SSSR count). The molecular formula is C13H19NO3S. The second kappa shape index (κ2) is 7.87. The van der Waals surface area contributed by atoms with Gasteiger partial charge in [0.15, 0.2) is 0 Å². The van der Waals surface area contributed by atoms with Crippen LogP contribution in [-0.2, 0) is 9.53 Å². The Hall–Kier alpha value is -1.36. The van der Waals surface area contributed by atoms with E-state index in [4.69, 9.17) is 10.5 Å². The fraction of sp³-hybridized carbons (Fsp3) is 0.462. The SMILES string of the molecule is CCSCC/C=C/OC1=CCCC(O)=C1C(N)=O. The van der Waals surface area contributed by atoms with Crippen molar-refractivity contribution in [2.24, 2.45) is 5.73 Å². The molecule has 0 fully saturated rings. The fourth-order valence-electron chi connectivity index (χ4n) is 1.57. The molecule has 0 unspecified atom stereocenters. The largest absolute Gasteiger partial charge is 0.511 e. The molecule has 0 saturated heterocycles. The molecule has 3 N–H and O–H groups in total. The summed E-state index contributed by atoms with van der Waals surface area (Å²) in [6.07, 6.45) is 7.20. The van der Waals surface area contributed by atoms with E-state index in [2.05, 4.69) is 6.92 Å². The highest BCUT2D eigenvalue weighted by Crippen LogP contribution is 2.24. The van der Waals surface area contributed by atoms with Crippen LogP contribution in [0.3, 0.4) is 0 Å². The van der Waals surface area contributed by atoms with E-state index in [0.29, 0.717) is 18.6 Å². The number of carbonyl (C=O) groups excluding carboxylic acids is 1. The van der Waals surface area contributed by atoms with Gasteiger partial charge in [-0.1, -0.05) is 6.92 Å². The third kappa shape index (κ3) is 4.49. The van der Waals surface area contributed by atoms with Gasteiger partial charge in [-0.3, -0.25) is 4.79 Å². The predicted octanol–water partition coefficient (Wildman–Crippen LogP) is 2.63. The minimum atomic E-state index is -0.659. The van der Waals surface area contributed by atoms with Gasteiger partial charge in [0.1, 0.15) is 17.1 Å². The normalized spacial score (nSPS) is 15.9. The van der Waals surface area contributed by atoms with Crippen molar-refractivity contribution >= 4 is 17.7 Å². The molecule has 18 heavy (non-hydrogen) atoms. The molecule has 4 nitrogen and oxygen atoms in total. The molecule has 0 radical (unpaired) electrons. The van der Waals surface area contributed by atoms with E-state index in [1.54, 1.807) is 12.3 Å². The van der Waals surface area contributed by atoms with Crippen LogP contribution in [0.15, 0.2) is 35.5 Å². The summed E-state index contributed by atoms with van der Waals surface area (Å²) in [5.41, 5.74) is 5.30. The van der Waals surface area contributed by atoms with E-state index >= 15 is 0 Å². The van der Waals surface area contributed by atoms with E-state index in [9.17, 15) is 9.90 Å². The highest BCUT2D eigenvalue weighted by molar-refractivity contribution is 7.99. The third-order valence-corrected chi connectivity index (χ3v) is 3.35. The fourth-order valence-corrected chi connectivity index (χ4v) is 2.16. The number of aliphatic hydroxyl groups is 1. The Labute approximate surface area is 112 Å². The van der Waals surface area contributed by atoms with Crippen molar-refractivity contribution < 1.29 is 14.6 Å². The smallest absolute Gasteiger partial charge is 0.255 e. The quantitative estimate of drug-likeness (QED) is 0.550. The number of rotatable bonds is 7. The number of hydrogen-bond acceptors (Lipinski definition) is 4. The zero-order chi connectivity index (χ0) is 13.4. The second-order valence-electron chi connectivity index (χ2n) is 3.77. The summed E-state index contributed by atoms with van der Waals surface area (Å²) < 4.78 is 5.36. The lowest BCUT2D eigenvalue weighted by Gasteiger charge is -2.14. The Morgan fingerprint density at radius 2 is 2.44 bits per heavy atom. The van der Waals surface area contributed by atoms with Crippen LogP contribution >= 0.6 is 11.8 Å². The molecule has 1 aliphatic rings. The summed E-state index contributed by atoms with van der Waals surface area (Å²) in [6, 6.07) is 0. The topological polar surface area (TPSA) is 72.6 Å². The number of ether oxygens (including phenoxy) is 1. The van der Waals surface area contributed by atoms with Crippen LogP contribution in [0.2, 0.25) is 0 Å². The zero-order valence-corrected chi connectivity index (χ0v) is 11.3. The highest BCUT2D eigenvalue weighted by Gasteiger charge is 2.21. The summed E-state index contributed by atoms with van der Waals surface area (Å²) in [7, 11) is 0. The molecule has 0 heterocycles. The molecule has 0 bridgehead atoms. The van der Waals surface area contributed by atoms with Crippen molar-refractivity contribution in [3.8, 4) is 0 Å². The molecule has 0 aromatic rings. The summed E-state index contributed by atoms with van der Waals surface area (Å²) in [5, 5.41) is 9.61. The van der Waals surface area contributed by atoms with Crippen LogP contribution in [-0.4, -0.2) is 22.5 Å². The first-order valence-electron chi connectivity index (χ1n) is 5.98. The van der Waals surface area contributed by atoms with Gasteiger partial charge in [-0.2, -0.15) is 11.8 Å². The number of amides is 1. The summed E-state index contributed by atoms with van der Waals surface area (Å²) in [5.74, 6) is 1.84. The summed E-state index contributed by atoms with van der Waals surface area (Å²) >= 11 is 1.86. The molecule has 5 heteroatoms. The Balaban J connectivity index is 2.50. The van der Waals surface area contributed by atoms with Crippen molar-refractivity contribution in [3.63, 3.8) is 0 Å². The van der Waals surface area contributed by atoms with Crippen LogP contribution in [0.1, 0.15) is 26.2 Å². The van der Waals surface area contributed by atoms with Gasteiger partial charge in [0, 0.05) is 6.42 Å². The standard InChI is InChI=1S/C13H19NO3S/c1-2-18-9-4-3-8-17-11-7-5-6-10(15)12(11)13(14)16/h3,7-8,15H,2,4-6,9H2,1H3,(H2,14,16)/b8-3+. The lowest BCUT2D eigenvalue weighted by Crippen LogP contribution is -2.20. The van der Waals surface area contributed by atoms with Gasteiger partial charge in [0.05, 0.1) is 6.26 Å². The van der Waals surface area contributed by atoms with Gasteiger partial charge < -0.3 is 15.6 Å². The third-order valence-electron chi connectivity index (χ3n) is 2.42. The van der Waals surface area contributed by atoms with Crippen molar-refractivity contribution in [2.45, 2.75) is 26.2 Å². The number of allylic oxidation sites excluding steroid dienone is 3. The molecule has 100 valence electrons. The molecule has 0 atom stereocenters. The summed E-state index contributed by atoms with van der Waals surface area (Å²) in [4.78, 5) is 11.2. The number of carbonyl (C=O) groups is 1. The minimum absolute atomic E-state index is 0.00920. The van der Waals surface area contributed by atoms with Crippen LogP contribution in [0.5, 0.6) is 0 Å². The van der Waals surface area contributed by atoms with Gasteiger partial charge >= 0.3 is 0 Å². The summed E-state index contributed by atoms with van der Waals surface area (Å²) in [6.45, 7) is 2.12. The van der Waals surface area contributed by atoms with Crippen molar-refractivity contribution in [2.75, 3.05) is 11.5 Å². The monoisotopic (exact) mass is 269 g/mol. The minimum Gasteiger partial charge on any atom is -0.511 e. The Morgan fingerprint density at radius 1 is 1.67 bits per heavy atom. The lowest BCUT2D eigenvalue weighted by atomic mass is 10.0. The number of thioether (sulfide) groups is 1. The zero-order valence-electron chi connectivity index (χ0n) is 10.5. The average molecular weight is 269 g/mol. The maximum absolute atomic E-state index is 11.2. The van der Waals surface area contributed by atoms with Crippen LogP contribution in [0, 0.1) is 0 Å². The van der Waals surface area contributed by atoms with Crippen molar-refractivity contribution in [1.82, 2.24) is 0 Å².